The van der Waals surface area contributed by atoms with Gasteiger partial charge in [-0.25, -0.2) is 8.78 Å². The van der Waals surface area contributed by atoms with Gasteiger partial charge in [-0.2, -0.15) is 0 Å². The van der Waals surface area contributed by atoms with Crippen LogP contribution < -0.4 is 5.56 Å². The molecule has 0 aliphatic heterocycles. The molecule has 4 nitrogen and oxygen atoms in total. The Morgan fingerprint density at radius 3 is 2.75 bits per heavy atom. The number of H-pyrrole nitrogens is 1. The van der Waals surface area contributed by atoms with Gasteiger partial charge in [0.1, 0.15) is 5.69 Å². The van der Waals surface area contributed by atoms with E-state index in [1.54, 1.807) is 0 Å². The van der Waals surface area contributed by atoms with E-state index in [1.165, 1.54) is 0 Å². The first-order valence-corrected chi connectivity index (χ1v) is 4.60. The van der Waals surface area contributed by atoms with E-state index in [-0.39, 0.29) is 17.0 Å². The summed E-state index contributed by atoms with van der Waals surface area (Å²) in [7, 11) is 1.16. The summed E-state index contributed by atoms with van der Waals surface area (Å²) in [5, 5.41) is -0.284. The van der Waals surface area contributed by atoms with Crippen LogP contribution in [-0.2, 0) is 16.0 Å². The Morgan fingerprint density at radius 1 is 1.62 bits per heavy atom. The fourth-order valence-electron chi connectivity index (χ4n) is 1.08. The molecular formula is C9H8ClF2NO3. The molecule has 0 aliphatic rings. The van der Waals surface area contributed by atoms with Crippen LogP contribution in [0.25, 0.3) is 0 Å². The second-order valence-electron chi connectivity index (χ2n) is 2.94. The number of halogens is 3. The molecule has 0 aliphatic carbocycles. The predicted molar refractivity (Wildman–Crippen MR) is 52.7 cm³/mol. The number of aromatic nitrogens is 1. The van der Waals surface area contributed by atoms with Crippen LogP contribution >= 0.6 is 11.6 Å². The first-order valence-electron chi connectivity index (χ1n) is 4.22. The summed E-state index contributed by atoms with van der Waals surface area (Å²) >= 11 is 5.52. The molecular weight excluding hydrogens is 244 g/mol. The minimum Gasteiger partial charge on any atom is -0.469 e. The van der Waals surface area contributed by atoms with Gasteiger partial charge in [0.05, 0.1) is 18.6 Å². The van der Waals surface area contributed by atoms with Crippen molar-refractivity contribution < 1.29 is 18.3 Å². The van der Waals surface area contributed by atoms with E-state index in [1.807, 2.05) is 4.98 Å². The molecule has 1 aromatic heterocycles. The summed E-state index contributed by atoms with van der Waals surface area (Å²) < 4.78 is 29.0. The highest BCUT2D eigenvalue weighted by Gasteiger charge is 2.16. The Morgan fingerprint density at radius 2 is 2.25 bits per heavy atom. The number of esters is 1. The Labute approximate surface area is 94.2 Å². The zero-order valence-corrected chi connectivity index (χ0v) is 8.98. The Bertz CT molecular complexity index is 459. The van der Waals surface area contributed by atoms with E-state index in [0.29, 0.717) is 0 Å². The van der Waals surface area contributed by atoms with Crippen molar-refractivity contribution in [3.8, 4) is 0 Å². The molecule has 0 fully saturated rings. The molecule has 88 valence electrons. The quantitative estimate of drug-likeness (QED) is 0.832. The highest BCUT2D eigenvalue weighted by Crippen LogP contribution is 2.23. The zero-order valence-electron chi connectivity index (χ0n) is 8.22. The van der Waals surface area contributed by atoms with E-state index in [2.05, 4.69) is 4.74 Å². The highest BCUT2D eigenvalue weighted by atomic mass is 35.5. The van der Waals surface area contributed by atoms with E-state index < -0.39 is 23.6 Å². The monoisotopic (exact) mass is 251 g/mol. The number of aromatic amines is 1. The topological polar surface area (TPSA) is 59.2 Å². The molecule has 7 heteroatoms. The summed E-state index contributed by atoms with van der Waals surface area (Å²) in [6.45, 7) is 0. The Balaban J connectivity index is 3.11. The molecule has 16 heavy (non-hydrogen) atoms. The maximum Gasteiger partial charge on any atom is 0.310 e. The number of ether oxygens (including phenoxy) is 1. The third-order valence-corrected chi connectivity index (χ3v) is 2.19. The molecule has 0 atom stereocenters. The summed E-state index contributed by atoms with van der Waals surface area (Å²) in [5.41, 5.74) is -1.44. The minimum atomic E-state index is -2.87. The molecule has 1 aromatic rings. The third-order valence-electron chi connectivity index (χ3n) is 1.88. The van der Waals surface area contributed by atoms with E-state index in [4.69, 9.17) is 11.6 Å². The number of carbonyl (C=O) groups excluding carboxylic acids is 1. The van der Waals surface area contributed by atoms with Crippen molar-refractivity contribution in [1.29, 1.82) is 0 Å². The molecule has 0 spiro atoms. The van der Waals surface area contributed by atoms with Gasteiger partial charge in [-0.05, 0) is 6.07 Å². The van der Waals surface area contributed by atoms with Crippen LogP contribution in [0.2, 0.25) is 5.02 Å². The average Bonchev–Trinajstić information content (AvgIpc) is 2.22. The van der Waals surface area contributed by atoms with E-state index in [9.17, 15) is 18.4 Å². The van der Waals surface area contributed by atoms with Crippen LogP contribution in [0.1, 0.15) is 17.7 Å². The van der Waals surface area contributed by atoms with Crippen LogP contribution in [0.3, 0.4) is 0 Å². The van der Waals surface area contributed by atoms with Crippen LogP contribution in [0.15, 0.2) is 10.9 Å². The zero-order chi connectivity index (χ0) is 12.3. The molecule has 1 rings (SSSR count). The predicted octanol–water partition coefficient (Wildman–Crippen LogP) is 1.68. The Kier molecular flexibility index (Phi) is 4.00. The standard InChI is InChI=1S/C9H8ClF2NO3/c1-16-6(14)3-4-2-5(10)7(8(11)12)13-9(4)15/h2,8H,3H2,1H3,(H,13,15). The van der Waals surface area contributed by atoms with Gasteiger partial charge >= 0.3 is 5.97 Å². The number of carbonyl (C=O) groups is 1. The lowest BCUT2D eigenvalue weighted by Crippen LogP contribution is -2.19. The summed E-state index contributed by atoms with van der Waals surface area (Å²) in [4.78, 5) is 24.1. The minimum absolute atomic E-state index is 0.0127. The van der Waals surface area contributed by atoms with Crippen LogP contribution in [0.5, 0.6) is 0 Å². The van der Waals surface area contributed by atoms with Gasteiger partial charge in [0, 0.05) is 5.56 Å². The number of methoxy groups -OCH3 is 1. The summed E-state index contributed by atoms with van der Waals surface area (Å²) in [5.74, 6) is -0.647. The van der Waals surface area contributed by atoms with Gasteiger partial charge in [0.25, 0.3) is 12.0 Å². The van der Waals surface area contributed by atoms with Crippen molar-refractivity contribution in [2.45, 2.75) is 12.8 Å². The third kappa shape index (κ3) is 2.79. The highest BCUT2D eigenvalue weighted by molar-refractivity contribution is 6.31. The van der Waals surface area contributed by atoms with E-state index >= 15 is 0 Å². The van der Waals surface area contributed by atoms with Crippen LogP contribution in [0.4, 0.5) is 8.78 Å². The van der Waals surface area contributed by atoms with Crippen molar-refractivity contribution in [2.75, 3.05) is 7.11 Å². The maximum absolute atomic E-state index is 12.3. The van der Waals surface area contributed by atoms with Crippen LogP contribution in [-0.4, -0.2) is 18.1 Å². The fourth-order valence-corrected chi connectivity index (χ4v) is 1.34. The average molecular weight is 252 g/mol. The molecule has 0 aromatic carbocycles. The molecule has 0 saturated heterocycles. The van der Waals surface area contributed by atoms with Gasteiger partial charge in [0.15, 0.2) is 0 Å². The van der Waals surface area contributed by atoms with Crippen molar-refractivity contribution in [2.24, 2.45) is 0 Å². The van der Waals surface area contributed by atoms with Crippen molar-refractivity contribution >= 4 is 17.6 Å². The maximum atomic E-state index is 12.3. The first-order chi connectivity index (χ1) is 7.45. The number of pyridine rings is 1. The van der Waals surface area contributed by atoms with Crippen molar-refractivity contribution in [1.82, 2.24) is 4.98 Å². The lowest BCUT2D eigenvalue weighted by Gasteiger charge is -2.05. The summed E-state index contributed by atoms with van der Waals surface area (Å²) in [6, 6.07) is 1.04. The smallest absolute Gasteiger partial charge is 0.310 e. The molecule has 0 saturated carbocycles. The largest absolute Gasteiger partial charge is 0.469 e. The van der Waals surface area contributed by atoms with Crippen molar-refractivity contribution in [3.63, 3.8) is 0 Å². The van der Waals surface area contributed by atoms with Crippen LogP contribution in [0, 0.1) is 0 Å². The molecule has 0 amide bonds. The second-order valence-corrected chi connectivity index (χ2v) is 3.35. The molecule has 0 bridgehead atoms. The Hall–Kier alpha value is -1.43. The first kappa shape index (κ1) is 12.6. The SMILES string of the molecule is COC(=O)Cc1cc(Cl)c(C(F)F)[nH]c1=O. The molecule has 0 unspecified atom stereocenters. The normalized spacial score (nSPS) is 10.6. The number of hydrogen-bond donors (Lipinski definition) is 1. The lowest BCUT2D eigenvalue weighted by atomic mass is 10.2. The van der Waals surface area contributed by atoms with Gasteiger partial charge in [-0.3, -0.25) is 9.59 Å². The number of alkyl halides is 2. The molecule has 0 radical (unpaired) electrons. The number of rotatable bonds is 3. The van der Waals surface area contributed by atoms with E-state index in [0.717, 1.165) is 13.2 Å². The molecule has 1 heterocycles. The van der Waals surface area contributed by atoms with Gasteiger partial charge in [-0.1, -0.05) is 11.6 Å². The fraction of sp³-hybridized carbons (Fsp3) is 0.333. The summed E-state index contributed by atoms with van der Waals surface area (Å²) in [6.07, 6.45) is -3.18. The lowest BCUT2D eigenvalue weighted by molar-refractivity contribution is -0.139. The van der Waals surface area contributed by atoms with Gasteiger partial charge < -0.3 is 9.72 Å². The molecule has 1 N–H and O–H groups in total. The van der Waals surface area contributed by atoms with Gasteiger partial charge in [-0.15, -0.1) is 0 Å². The second kappa shape index (κ2) is 5.07. The van der Waals surface area contributed by atoms with Gasteiger partial charge in [0.2, 0.25) is 0 Å². The number of hydrogen-bond acceptors (Lipinski definition) is 3. The van der Waals surface area contributed by atoms with Crippen molar-refractivity contribution in [3.05, 3.63) is 32.7 Å². The number of nitrogens with one attached hydrogen (secondary N) is 1.